The van der Waals surface area contributed by atoms with Crippen LogP contribution in [0.5, 0.6) is 0 Å². The first-order valence-corrected chi connectivity index (χ1v) is 6.77. The van der Waals surface area contributed by atoms with Crippen molar-refractivity contribution >= 4 is 22.7 Å². The van der Waals surface area contributed by atoms with Crippen molar-refractivity contribution in [1.82, 2.24) is 4.98 Å². The summed E-state index contributed by atoms with van der Waals surface area (Å²) in [6.45, 7) is 2.00. The second kappa shape index (κ2) is 3.40. The van der Waals surface area contributed by atoms with E-state index >= 15 is 0 Å². The lowest BCUT2D eigenvalue weighted by atomic mass is 10.0. The topological polar surface area (TPSA) is 38.9 Å². The zero-order valence-corrected chi connectivity index (χ0v) is 10.1. The second-order valence-electron chi connectivity index (χ2n) is 3.87. The fourth-order valence-corrected chi connectivity index (χ4v) is 3.83. The summed E-state index contributed by atoms with van der Waals surface area (Å²) in [7, 11) is 0. The number of hydrogen-bond acceptors (Lipinski definition) is 4. The Morgan fingerprint density at radius 1 is 1.40 bits per heavy atom. The molecule has 15 heavy (non-hydrogen) atoms. The molecular weight excluding hydrogens is 224 g/mol. The Morgan fingerprint density at radius 3 is 3.00 bits per heavy atom. The van der Waals surface area contributed by atoms with Crippen LogP contribution < -0.4 is 5.73 Å². The van der Waals surface area contributed by atoms with Gasteiger partial charge in [-0.1, -0.05) is 0 Å². The zero-order valence-electron chi connectivity index (χ0n) is 8.49. The molecule has 0 spiro atoms. The highest BCUT2D eigenvalue weighted by Crippen LogP contribution is 2.39. The monoisotopic (exact) mass is 236 g/mol. The minimum absolute atomic E-state index is 0.0580. The summed E-state index contributed by atoms with van der Waals surface area (Å²) < 4.78 is 0. The Bertz CT molecular complexity index is 496. The van der Waals surface area contributed by atoms with Crippen LogP contribution in [0.25, 0.3) is 11.3 Å². The van der Waals surface area contributed by atoms with Crippen LogP contribution in [0.4, 0.5) is 0 Å². The lowest BCUT2D eigenvalue weighted by Crippen LogP contribution is -2.04. The molecule has 2 nitrogen and oxygen atoms in total. The number of nitrogens with zero attached hydrogens (tertiary/aromatic N) is 1. The molecule has 1 aliphatic rings. The molecule has 78 valence electrons. The van der Waals surface area contributed by atoms with Gasteiger partial charge in [0, 0.05) is 15.3 Å². The molecule has 0 radical (unpaired) electrons. The molecule has 2 aromatic rings. The van der Waals surface area contributed by atoms with Gasteiger partial charge in [0.05, 0.1) is 11.7 Å². The smallest absolute Gasteiger partial charge is 0.110 e. The van der Waals surface area contributed by atoms with Crippen LogP contribution in [-0.2, 0) is 12.8 Å². The van der Waals surface area contributed by atoms with Gasteiger partial charge in [-0.3, -0.25) is 0 Å². The summed E-state index contributed by atoms with van der Waals surface area (Å²) in [6.07, 6.45) is 2.30. The van der Waals surface area contributed by atoms with Gasteiger partial charge in [-0.25, -0.2) is 4.98 Å². The molecule has 0 saturated heterocycles. The van der Waals surface area contributed by atoms with Crippen LogP contribution in [-0.4, -0.2) is 4.98 Å². The summed E-state index contributed by atoms with van der Waals surface area (Å²) in [4.78, 5) is 7.55. The molecule has 2 aromatic heterocycles. The van der Waals surface area contributed by atoms with Crippen molar-refractivity contribution in [3.8, 4) is 11.3 Å². The van der Waals surface area contributed by atoms with E-state index in [1.165, 1.54) is 27.4 Å². The predicted octanol–water partition coefficient (Wildman–Crippen LogP) is 2.99. The molecule has 3 rings (SSSR count). The van der Waals surface area contributed by atoms with Gasteiger partial charge in [-0.05, 0) is 31.2 Å². The van der Waals surface area contributed by atoms with Crippen molar-refractivity contribution in [3.05, 3.63) is 26.2 Å². The Hall–Kier alpha value is -0.710. The molecule has 0 fully saturated rings. The Kier molecular flexibility index (Phi) is 2.16. The van der Waals surface area contributed by atoms with Crippen molar-refractivity contribution in [2.75, 3.05) is 0 Å². The summed E-state index contributed by atoms with van der Waals surface area (Å²) in [5.41, 5.74) is 8.40. The molecule has 1 unspecified atom stereocenters. The highest BCUT2D eigenvalue weighted by molar-refractivity contribution is 7.12. The molecule has 4 heteroatoms. The van der Waals surface area contributed by atoms with Gasteiger partial charge < -0.3 is 5.73 Å². The number of nitrogens with two attached hydrogens (primary N) is 1. The molecule has 0 aliphatic heterocycles. The number of aromatic nitrogens is 1. The molecule has 2 N–H and O–H groups in total. The lowest BCUT2D eigenvalue weighted by molar-refractivity contribution is 0.807. The van der Waals surface area contributed by atoms with E-state index in [1.807, 2.05) is 18.3 Å². The maximum atomic E-state index is 5.87. The minimum atomic E-state index is 0.0580. The molecule has 0 amide bonds. The quantitative estimate of drug-likeness (QED) is 0.826. The van der Waals surface area contributed by atoms with Gasteiger partial charge in [0.2, 0.25) is 0 Å². The molecular formula is C11H12N2S2. The summed E-state index contributed by atoms with van der Waals surface area (Å²) in [6, 6.07) is 2.24. The third kappa shape index (κ3) is 1.44. The lowest BCUT2D eigenvalue weighted by Gasteiger charge is -2.09. The molecule has 0 aromatic carbocycles. The molecule has 0 bridgehead atoms. The van der Waals surface area contributed by atoms with Crippen LogP contribution >= 0.6 is 22.7 Å². The maximum Gasteiger partial charge on any atom is 0.110 e. The molecule has 0 saturated carbocycles. The standard InChI is InChI=1S/C11H12N2S2/c1-6(12)11-13-10-7-4-5-14-8(7)2-3-9(10)15-11/h4-6H,2-3,12H2,1H3. The minimum Gasteiger partial charge on any atom is -0.322 e. The first-order chi connectivity index (χ1) is 7.25. The largest absolute Gasteiger partial charge is 0.322 e. The highest BCUT2D eigenvalue weighted by Gasteiger charge is 2.22. The number of aryl methyl sites for hydroxylation is 2. The average molecular weight is 236 g/mol. The van der Waals surface area contributed by atoms with E-state index in [2.05, 4.69) is 16.4 Å². The van der Waals surface area contributed by atoms with E-state index < -0.39 is 0 Å². The fraction of sp³-hybridized carbons (Fsp3) is 0.364. The summed E-state index contributed by atoms with van der Waals surface area (Å²) in [5.74, 6) is 0. The predicted molar refractivity (Wildman–Crippen MR) is 65.4 cm³/mol. The van der Waals surface area contributed by atoms with Crippen molar-refractivity contribution in [2.24, 2.45) is 5.73 Å². The second-order valence-corrected chi connectivity index (χ2v) is 5.99. The Balaban J connectivity index is 2.16. The van der Waals surface area contributed by atoms with Gasteiger partial charge in [0.25, 0.3) is 0 Å². The number of thiazole rings is 1. The first-order valence-electron chi connectivity index (χ1n) is 5.07. The zero-order chi connectivity index (χ0) is 10.4. The molecule has 1 atom stereocenters. The fourth-order valence-electron chi connectivity index (χ4n) is 1.92. The van der Waals surface area contributed by atoms with E-state index in [0.29, 0.717) is 0 Å². The average Bonchev–Trinajstić information content (AvgIpc) is 2.82. The summed E-state index contributed by atoms with van der Waals surface area (Å²) in [5, 5.41) is 3.23. The maximum absolute atomic E-state index is 5.87. The van der Waals surface area contributed by atoms with E-state index in [0.717, 1.165) is 11.4 Å². The highest BCUT2D eigenvalue weighted by atomic mass is 32.1. The van der Waals surface area contributed by atoms with Crippen molar-refractivity contribution in [2.45, 2.75) is 25.8 Å². The van der Waals surface area contributed by atoms with E-state index in [4.69, 9.17) is 5.73 Å². The van der Waals surface area contributed by atoms with Gasteiger partial charge in [0.15, 0.2) is 0 Å². The number of fused-ring (bicyclic) bond motifs is 3. The van der Waals surface area contributed by atoms with Crippen LogP contribution in [0.1, 0.15) is 27.7 Å². The normalized spacial score (nSPS) is 15.9. The summed E-state index contributed by atoms with van der Waals surface area (Å²) >= 11 is 3.62. The van der Waals surface area contributed by atoms with Gasteiger partial charge >= 0.3 is 0 Å². The van der Waals surface area contributed by atoms with Crippen LogP contribution in [0.3, 0.4) is 0 Å². The number of thiophene rings is 1. The SMILES string of the molecule is CC(N)c1nc2c(s1)CCc1sccc1-2. The third-order valence-corrected chi connectivity index (χ3v) is 4.98. The van der Waals surface area contributed by atoms with Crippen LogP contribution in [0.15, 0.2) is 11.4 Å². The Morgan fingerprint density at radius 2 is 2.20 bits per heavy atom. The van der Waals surface area contributed by atoms with Gasteiger partial charge in [-0.2, -0.15) is 0 Å². The molecule has 1 aliphatic carbocycles. The number of rotatable bonds is 1. The van der Waals surface area contributed by atoms with E-state index in [9.17, 15) is 0 Å². The number of hydrogen-bond donors (Lipinski definition) is 1. The van der Waals surface area contributed by atoms with Crippen molar-refractivity contribution in [3.63, 3.8) is 0 Å². The first kappa shape index (κ1) is 9.51. The van der Waals surface area contributed by atoms with Crippen molar-refractivity contribution in [1.29, 1.82) is 0 Å². The van der Waals surface area contributed by atoms with Gasteiger partial charge in [0.1, 0.15) is 5.01 Å². The third-order valence-electron chi connectivity index (χ3n) is 2.68. The Labute approximate surface area is 96.8 Å². The van der Waals surface area contributed by atoms with E-state index in [-0.39, 0.29) is 6.04 Å². The van der Waals surface area contributed by atoms with Crippen molar-refractivity contribution < 1.29 is 0 Å². The van der Waals surface area contributed by atoms with E-state index in [1.54, 1.807) is 11.3 Å². The molecule has 2 heterocycles. The van der Waals surface area contributed by atoms with Crippen LogP contribution in [0, 0.1) is 0 Å². The van der Waals surface area contributed by atoms with Crippen LogP contribution in [0.2, 0.25) is 0 Å². The van der Waals surface area contributed by atoms with Gasteiger partial charge in [-0.15, -0.1) is 22.7 Å².